The number of nitrogens with one attached hydrogen (secondary N) is 3. The van der Waals surface area contributed by atoms with Crippen LogP contribution < -0.4 is 16.0 Å². The Bertz CT molecular complexity index is 499. The van der Waals surface area contributed by atoms with Gasteiger partial charge in [0.1, 0.15) is 0 Å². The lowest BCUT2D eigenvalue weighted by Gasteiger charge is -2.23. The summed E-state index contributed by atoms with van der Waals surface area (Å²) in [4.78, 5) is 27.5. The minimum absolute atomic E-state index is 0.162. The fraction of sp³-hybridized carbons (Fsp3) is 0.667. The van der Waals surface area contributed by atoms with E-state index in [0.717, 1.165) is 36.4 Å². The summed E-state index contributed by atoms with van der Waals surface area (Å²) in [7, 11) is 0. The molecular weight excluding hydrogens is 300 g/mol. The van der Waals surface area contributed by atoms with Crippen molar-refractivity contribution in [1.29, 1.82) is 0 Å². The molecule has 3 amide bonds. The van der Waals surface area contributed by atoms with Gasteiger partial charge in [-0.25, -0.2) is 9.78 Å². The average Bonchev–Trinajstić information content (AvgIpc) is 2.82. The van der Waals surface area contributed by atoms with Crippen molar-refractivity contribution < 1.29 is 9.59 Å². The molecule has 0 atom stereocenters. The van der Waals surface area contributed by atoms with Gasteiger partial charge in [-0.3, -0.25) is 4.79 Å². The molecule has 0 aromatic carbocycles. The lowest BCUT2D eigenvalue weighted by Crippen LogP contribution is -2.39. The number of aryl methyl sites for hydroxylation is 1. The summed E-state index contributed by atoms with van der Waals surface area (Å²) in [6.07, 6.45) is 4.71. The van der Waals surface area contributed by atoms with Crippen LogP contribution >= 0.6 is 11.3 Å². The van der Waals surface area contributed by atoms with E-state index in [0.29, 0.717) is 19.6 Å². The topological polar surface area (TPSA) is 83.1 Å². The van der Waals surface area contributed by atoms with Gasteiger partial charge in [0.15, 0.2) is 0 Å². The third kappa shape index (κ3) is 5.63. The Morgan fingerprint density at radius 3 is 2.59 bits per heavy atom. The zero-order chi connectivity index (χ0) is 15.8. The molecule has 1 saturated carbocycles. The van der Waals surface area contributed by atoms with E-state index in [1.807, 2.05) is 12.3 Å². The summed E-state index contributed by atoms with van der Waals surface area (Å²) in [5.41, 5.74) is 1.02. The van der Waals surface area contributed by atoms with Gasteiger partial charge in [-0.15, -0.1) is 11.3 Å². The van der Waals surface area contributed by atoms with Gasteiger partial charge >= 0.3 is 6.03 Å². The Morgan fingerprint density at radius 1 is 1.23 bits per heavy atom. The van der Waals surface area contributed by atoms with E-state index in [2.05, 4.69) is 20.9 Å². The molecule has 1 fully saturated rings. The summed E-state index contributed by atoms with van der Waals surface area (Å²) in [6.45, 7) is 3.72. The maximum absolute atomic E-state index is 11.6. The SMILES string of the molecule is Cc1csc(CCNC(=O)NCCCNC(=O)C2CCC2)n1. The minimum atomic E-state index is -0.168. The first-order chi connectivity index (χ1) is 10.6. The van der Waals surface area contributed by atoms with E-state index >= 15 is 0 Å². The fourth-order valence-electron chi connectivity index (χ4n) is 2.18. The zero-order valence-corrected chi connectivity index (χ0v) is 13.8. The van der Waals surface area contributed by atoms with Crippen LogP contribution in [0.3, 0.4) is 0 Å². The summed E-state index contributed by atoms with van der Waals surface area (Å²) in [5, 5.41) is 11.5. The van der Waals surface area contributed by atoms with Gasteiger partial charge in [0.2, 0.25) is 5.91 Å². The second-order valence-corrected chi connectivity index (χ2v) is 6.53. The Labute approximate surface area is 135 Å². The van der Waals surface area contributed by atoms with Gasteiger partial charge in [-0.05, 0) is 26.2 Å². The van der Waals surface area contributed by atoms with Crippen LogP contribution in [0.1, 0.15) is 36.4 Å². The van der Waals surface area contributed by atoms with Gasteiger partial charge < -0.3 is 16.0 Å². The Balaban J connectivity index is 1.44. The van der Waals surface area contributed by atoms with Crippen LogP contribution in [0.5, 0.6) is 0 Å². The number of nitrogens with zero attached hydrogens (tertiary/aromatic N) is 1. The number of hydrogen-bond acceptors (Lipinski definition) is 4. The van der Waals surface area contributed by atoms with E-state index in [9.17, 15) is 9.59 Å². The van der Waals surface area contributed by atoms with Crippen molar-refractivity contribution in [2.45, 2.75) is 39.0 Å². The van der Waals surface area contributed by atoms with Crippen molar-refractivity contribution in [2.75, 3.05) is 19.6 Å². The first-order valence-electron chi connectivity index (χ1n) is 7.85. The molecule has 7 heteroatoms. The fourth-order valence-corrected chi connectivity index (χ4v) is 2.96. The lowest BCUT2D eigenvalue weighted by molar-refractivity contribution is -0.127. The van der Waals surface area contributed by atoms with Crippen LogP contribution in [-0.4, -0.2) is 36.6 Å². The molecule has 2 rings (SSSR count). The van der Waals surface area contributed by atoms with Crippen molar-refractivity contribution in [3.05, 3.63) is 16.1 Å². The molecule has 0 aliphatic heterocycles. The molecule has 0 saturated heterocycles. The quantitative estimate of drug-likeness (QED) is 0.635. The predicted molar refractivity (Wildman–Crippen MR) is 86.9 cm³/mol. The van der Waals surface area contributed by atoms with Gasteiger partial charge in [-0.2, -0.15) is 0 Å². The summed E-state index contributed by atoms with van der Waals surface area (Å²) in [5.74, 6) is 0.389. The first-order valence-corrected chi connectivity index (χ1v) is 8.73. The number of carbonyl (C=O) groups is 2. The van der Waals surface area contributed by atoms with Crippen LogP contribution in [0.2, 0.25) is 0 Å². The van der Waals surface area contributed by atoms with Crippen molar-refractivity contribution in [3.8, 4) is 0 Å². The monoisotopic (exact) mass is 324 g/mol. The van der Waals surface area contributed by atoms with Crippen molar-refractivity contribution >= 4 is 23.3 Å². The number of hydrogen-bond donors (Lipinski definition) is 3. The number of carbonyl (C=O) groups excluding carboxylic acids is 2. The predicted octanol–water partition coefficient (Wildman–Crippen LogP) is 1.60. The molecule has 0 bridgehead atoms. The molecular formula is C15H24N4O2S. The van der Waals surface area contributed by atoms with E-state index < -0.39 is 0 Å². The van der Waals surface area contributed by atoms with Gasteiger partial charge in [0, 0.05) is 43.0 Å². The smallest absolute Gasteiger partial charge is 0.314 e. The second kappa shape index (κ2) is 8.73. The highest BCUT2D eigenvalue weighted by molar-refractivity contribution is 7.09. The van der Waals surface area contributed by atoms with Gasteiger partial charge in [0.25, 0.3) is 0 Å². The molecule has 22 heavy (non-hydrogen) atoms. The number of thiazole rings is 1. The van der Waals surface area contributed by atoms with Crippen LogP contribution in [0.15, 0.2) is 5.38 Å². The highest BCUT2D eigenvalue weighted by Gasteiger charge is 2.24. The second-order valence-electron chi connectivity index (χ2n) is 5.59. The molecule has 1 aliphatic carbocycles. The minimum Gasteiger partial charge on any atom is -0.356 e. The third-order valence-electron chi connectivity index (χ3n) is 3.71. The summed E-state index contributed by atoms with van der Waals surface area (Å²) in [6, 6.07) is -0.168. The molecule has 0 unspecified atom stereocenters. The molecule has 1 aliphatic rings. The molecule has 1 aromatic heterocycles. The van der Waals surface area contributed by atoms with Crippen molar-refractivity contribution in [1.82, 2.24) is 20.9 Å². The van der Waals surface area contributed by atoms with Crippen LogP contribution in [0.4, 0.5) is 4.79 Å². The van der Waals surface area contributed by atoms with Crippen LogP contribution in [0, 0.1) is 12.8 Å². The van der Waals surface area contributed by atoms with Crippen LogP contribution in [0.25, 0.3) is 0 Å². The molecule has 1 aromatic rings. The van der Waals surface area contributed by atoms with Gasteiger partial charge in [-0.1, -0.05) is 6.42 Å². The lowest BCUT2D eigenvalue weighted by atomic mass is 9.85. The Hall–Kier alpha value is -1.63. The molecule has 3 N–H and O–H groups in total. The number of rotatable bonds is 8. The van der Waals surface area contributed by atoms with Crippen molar-refractivity contribution in [2.24, 2.45) is 5.92 Å². The number of aromatic nitrogens is 1. The molecule has 1 heterocycles. The largest absolute Gasteiger partial charge is 0.356 e. The molecule has 122 valence electrons. The highest BCUT2D eigenvalue weighted by atomic mass is 32.1. The normalized spacial score (nSPS) is 14.2. The number of amides is 3. The molecule has 6 nitrogen and oxygen atoms in total. The zero-order valence-electron chi connectivity index (χ0n) is 13.0. The van der Waals surface area contributed by atoms with Gasteiger partial charge in [0.05, 0.1) is 5.01 Å². The van der Waals surface area contributed by atoms with E-state index in [-0.39, 0.29) is 17.9 Å². The molecule has 0 radical (unpaired) electrons. The Morgan fingerprint density at radius 2 is 1.95 bits per heavy atom. The van der Waals surface area contributed by atoms with Crippen LogP contribution in [-0.2, 0) is 11.2 Å². The standard InChI is InChI=1S/C15H24N4O2S/c1-11-10-22-13(19-11)6-9-18-15(21)17-8-3-7-16-14(20)12-4-2-5-12/h10,12H,2-9H2,1H3,(H,16,20)(H2,17,18,21). The van der Waals surface area contributed by atoms with E-state index in [1.165, 1.54) is 6.42 Å². The first kappa shape index (κ1) is 16.7. The maximum Gasteiger partial charge on any atom is 0.314 e. The molecule has 0 spiro atoms. The maximum atomic E-state index is 11.6. The van der Waals surface area contributed by atoms with E-state index in [1.54, 1.807) is 11.3 Å². The Kier molecular flexibility index (Phi) is 6.64. The van der Waals surface area contributed by atoms with Crippen molar-refractivity contribution in [3.63, 3.8) is 0 Å². The summed E-state index contributed by atoms with van der Waals surface area (Å²) < 4.78 is 0. The highest BCUT2D eigenvalue weighted by Crippen LogP contribution is 2.25. The average molecular weight is 324 g/mol. The summed E-state index contributed by atoms with van der Waals surface area (Å²) >= 11 is 1.61. The third-order valence-corrected chi connectivity index (χ3v) is 4.73. The number of urea groups is 1. The van der Waals surface area contributed by atoms with E-state index in [4.69, 9.17) is 0 Å².